The lowest BCUT2D eigenvalue weighted by molar-refractivity contribution is 0.0526. The molecule has 0 saturated carbocycles. The Hall–Kier alpha value is -1.79. The zero-order chi connectivity index (χ0) is 18.7. The molecule has 1 aromatic carbocycles. The van der Waals surface area contributed by atoms with Gasteiger partial charge in [0.2, 0.25) is 0 Å². The highest BCUT2D eigenvalue weighted by Gasteiger charge is 2.29. The van der Waals surface area contributed by atoms with Crippen LogP contribution in [0.15, 0.2) is 29.2 Å². The van der Waals surface area contributed by atoms with Crippen molar-refractivity contribution < 1.29 is 14.3 Å². The van der Waals surface area contributed by atoms with Gasteiger partial charge in [-0.05, 0) is 62.1 Å². The number of benzene rings is 1. The second-order valence-electron chi connectivity index (χ2n) is 6.46. The maximum absolute atomic E-state index is 12.7. The molecule has 26 heavy (non-hydrogen) atoms. The van der Waals surface area contributed by atoms with E-state index in [1.165, 1.54) is 16.2 Å². The highest BCUT2D eigenvalue weighted by atomic mass is 32.2. The molecule has 4 nitrogen and oxygen atoms in total. The Balaban J connectivity index is 1.93. The molecule has 1 aromatic heterocycles. The Morgan fingerprint density at radius 2 is 2.19 bits per heavy atom. The molecule has 0 aliphatic heterocycles. The first-order valence-electron chi connectivity index (χ1n) is 8.80. The Bertz CT molecular complexity index is 828. The first-order chi connectivity index (χ1) is 12.5. The predicted octanol–water partition coefficient (Wildman–Crippen LogP) is 5.02. The summed E-state index contributed by atoms with van der Waals surface area (Å²) in [7, 11) is 0. The number of carbonyl (C=O) groups excluding carboxylic acids is 2. The summed E-state index contributed by atoms with van der Waals surface area (Å²) in [5, 5.41) is 3.57. The van der Waals surface area contributed by atoms with Crippen LogP contribution in [-0.2, 0) is 17.6 Å². The lowest BCUT2D eigenvalue weighted by atomic mass is 9.88. The number of amides is 1. The predicted molar refractivity (Wildman–Crippen MR) is 108 cm³/mol. The Morgan fingerprint density at radius 3 is 2.92 bits per heavy atom. The van der Waals surface area contributed by atoms with E-state index < -0.39 is 0 Å². The molecule has 1 heterocycles. The van der Waals surface area contributed by atoms with Gasteiger partial charge in [0, 0.05) is 15.3 Å². The van der Waals surface area contributed by atoms with Gasteiger partial charge in [-0.25, -0.2) is 4.79 Å². The normalized spacial score (nSPS) is 16.0. The number of fused-ring (bicyclic) bond motifs is 1. The molecule has 1 amide bonds. The third-order valence-corrected chi connectivity index (χ3v) is 6.45. The SMILES string of the molecule is CCOC(=O)c1c(NC(=O)c2cccc(SC)c2)sc2c1CC[C@H](C)C2. The smallest absolute Gasteiger partial charge is 0.341 e. The van der Waals surface area contributed by atoms with E-state index in [2.05, 4.69) is 12.2 Å². The molecule has 3 rings (SSSR count). The number of esters is 1. The van der Waals surface area contributed by atoms with Crippen LogP contribution in [-0.4, -0.2) is 24.7 Å². The molecule has 6 heteroatoms. The van der Waals surface area contributed by atoms with E-state index in [1.54, 1.807) is 24.8 Å². The zero-order valence-corrected chi connectivity index (χ0v) is 16.9. The molecule has 1 N–H and O–H groups in total. The van der Waals surface area contributed by atoms with Crippen LogP contribution in [0.5, 0.6) is 0 Å². The van der Waals surface area contributed by atoms with Gasteiger partial charge in [-0.1, -0.05) is 13.0 Å². The molecule has 2 aromatic rings. The molecule has 0 saturated heterocycles. The maximum Gasteiger partial charge on any atom is 0.341 e. The molecule has 1 atom stereocenters. The van der Waals surface area contributed by atoms with Crippen molar-refractivity contribution >= 4 is 40.0 Å². The van der Waals surface area contributed by atoms with Gasteiger partial charge in [0.15, 0.2) is 0 Å². The molecular weight excluding hydrogens is 366 g/mol. The van der Waals surface area contributed by atoms with Gasteiger partial charge in [0.05, 0.1) is 12.2 Å². The van der Waals surface area contributed by atoms with Crippen molar-refractivity contribution in [2.75, 3.05) is 18.2 Å². The number of rotatable bonds is 5. The number of carbonyl (C=O) groups is 2. The average molecular weight is 390 g/mol. The van der Waals surface area contributed by atoms with Crippen LogP contribution in [0, 0.1) is 5.92 Å². The fourth-order valence-electron chi connectivity index (χ4n) is 3.20. The van der Waals surface area contributed by atoms with Crippen LogP contribution in [0.3, 0.4) is 0 Å². The number of hydrogen-bond donors (Lipinski definition) is 1. The topological polar surface area (TPSA) is 55.4 Å². The van der Waals surface area contributed by atoms with Gasteiger partial charge in [-0.15, -0.1) is 23.1 Å². The molecule has 1 aliphatic carbocycles. The van der Waals surface area contributed by atoms with E-state index in [1.807, 2.05) is 24.5 Å². The van der Waals surface area contributed by atoms with Crippen molar-refractivity contribution in [1.82, 2.24) is 0 Å². The summed E-state index contributed by atoms with van der Waals surface area (Å²) in [5.74, 6) is 0.0591. The average Bonchev–Trinajstić information content (AvgIpc) is 2.98. The summed E-state index contributed by atoms with van der Waals surface area (Å²) in [6, 6.07) is 7.49. The maximum atomic E-state index is 12.7. The minimum absolute atomic E-state index is 0.196. The van der Waals surface area contributed by atoms with Gasteiger partial charge in [0.1, 0.15) is 5.00 Å². The summed E-state index contributed by atoms with van der Waals surface area (Å²) in [6.45, 7) is 4.34. The van der Waals surface area contributed by atoms with E-state index in [4.69, 9.17) is 4.74 Å². The summed E-state index contributed by atoms with van der Waals surface area (Å²) in [5.41, 5.74) is 2.19. The van der Waals surface area contributed by atoms with Crippen LogP contribution < -0.4 is 5.32 Å². The van der Waals surface area contributed by atoms with Crippen molar-refractivity contribution in [1.29, 1.82) is 0 Å². The molecule has 0 spiro atoms. The minimum Gasteiger partial charge on any atom is -0.462 e. The first-order valence-corrected chi connectivity index (χ1v) is 10.8. The first kappa shape index (κ1) is 19.0. The molecule has 138 valence electrons. The molecule has 0 fully saturated rings. The van der Waals surface area contributed by atoms with Crippen molar-refractivity contribution in [3.63, 3.8) is 0 Å². The van der Waals surface area contributed by atoms with E-state index >= 15 is 0 Å². The zero-order valence-electron chi connectivity index (χ0n) is 15.3. The third-order valence-electron chi connectivity index (χ3n) is 4.55. The van der Waals surface area contributed by atoms with Crippen LogP contribution in [0.4, 0.5) is 5.00 Å². The summed E-state index contributed by atoms with van der Waals surface area (Å²) >= 11 is 3.11. The van der Waals surface area contributed by atoms with Crippen molar-refractivity contribution in [3.8, 4) is 0 Å². The van der Waals surface area contributed by atoms with E-state index in [0.717, 1.165) is 29.7 Å². The highest BCUT2D eigenvalue weighted by molar-refractivity contribution is 7.98. The quantitative estimate of drug-likeness (QED) is 0.576. The Morgan fingerprint density at radius 1 is 1.38 bits per heavy atom. The highest BCUT2D eigenvalue weighted by Crippen LogP contribution is 2.40. The van der Waals surface area contributed by atoms with Gasteiger partial charge in [-0.2, -0.15) is 0 Å². The van der Waals surface area contributed by atoms with Gasteiger partial charge in [-0.3, -0.25) is 4.79 Å². The van der Waals surface area contributed by atoms with E-state index in [-0.39, 0.29) is 11.9 Å². The lowest BCUT2D eigenvalue weighted by Gasteiger charge is -2.18. The van der Waals surface area contributed by atoms with Gasteiger partial charge < -0.3 is 10.1 Å². The van der Waals surface area contributed by atoms with Crippen molar-refractivity contribution in [3.05, 3.63) is 45.8 Å². The number of anilines is 1. The van der Waals surface area contributed by atoms with E-state index in [9.17, 15) is 9.59 Å². The number of thioether (sulfide) groups is 1. The molecule has 1 aliphatic rings. The van der Waals surface area contributed by atoms with Crippen LogP contribution in [0.25, 0.3) is 0 Å². The fraction of sp³-hybridized carbons (Fsp3) is 0.400. The number of thiophene rings is 1. The monoisotopic (exact) mass is 389 g/mol. The second kappa shape index (κ2) is 8.27. The molecule has 0 unspecified atom stereocenters. The fourth-order valence-corrected chi connectivity index (χ4v) is 5.05. The summed E-state index contributed by atoms with van der Waals surface area (Å²) < 4.78 is 5.26. The van der Waals surface area contributed by atoms with Crippen LogP contribution >= 0.6 is 23.1 Å². The van der Waals surface area contributed by atoms with E-state index in [0.29, 0.717) is 28.7 Å². The lowest BCUT2D eigenvalue weighted by Crippen LogP contribution is -2.16. The molecule has 0 bridgehead atoms. The Labute approximate surface area is 162 Å². The number of ether oxygens (including phenoxy) is 1. The Kier molecular flexibility index (Phi) is 6.04. The van der Waals surface area contributed by atoms with Gasteiger partial charge in [0.25, 0.3) is 5.91 Å². The number of hydrogen-bond acceptors (Lipinski definition) is 5. The number of nitrogens with one attached hydrogen (secondary N) is 1. The largest absolute Gasteiger partial charge is 0.462 e. The van der Waals surface area contributed by atoms with Crippen molar-refractivity contribution in [2.45, 2.75) is 38.0 Å². The second-order valence-corrected chi connectivity index (χ2v) is 8.45. The minimum atomic E-state index is -0.340. The van der Waals surface area contributed by atoms with Crippen molar-refractivity contribution in [2.24, 2.45) is 5.92 Å². The van der Waals surface area contributed by atoms with Crippen LogP contribution in [0.2, 0.25) is 0 Å². The summed E-state index contributed by atoms with van der Waals surface area (Å²) in [4.78, 5) is 27.5. The standard InChI is InChI=1S/C20H23NO3S2/c1-4-24-20(23)17-15-9-8-12(2)10-16(15)26-19(17)21-18(22)13-6-5-7-14(11-13)25-3/h5-7,11-12H,4,8-10H2,1-3H3,(H,21,22)/t12-/m0/s1. The third kappa shape index (κ3) is 3.96. The van der Waals surface area contributed by atoms with Crippen LogP contribution in [0.1, 0.15) is 51.4 Å². The molecular formula is C20H23NO3S2. The van der Waals surface area contributed by atoms with Gasteiger partial charge >= 0.3 is 5.97 Å². The summed E-state index contributed by atoms with van der Waals surface area (Å²) in [6.07, 6.45) is 4.84. The molecule has 0 radical (unpaired) electrons.